The van der Waals surface area contributed by atoms with E-state index in [2.05, 4.69) is 20.9 Å². The monoisotopic (exact) mass is 330 g/mol. The molecule has 0 radical (unpaired) electrons. The third kappa shape index (κ3) is 2.84. The first kappa shape index (κ1) is 13.4. The molecule has 1 atom stereocenters. The molecule has 1 aromatic heterocycles. The zero-order valence-corrected chi connectivity index (χ0v) is 11.8. The first-order chi connectivity index (χ1) is 8.59. The number of pyridine rings is 1. The first-order valence-electron chi connectivity index (χ1n) is 5.31. The maximum absolute atomic E-state index is 12.3. The van der Waals surface area contributed by atoms with Crippen LogP contribution in [-0.4, -0.2) is 51.0 Å². The van der Waals surface area contributed by atoms with Gasteiger partial charge in [-0.2, -0.15) is 11.8 Å². The van der Waals surface area contributed by atoms with Crippen LogP contribution < -0.4 is 0 Å². The van der Waals surface area contributed by atoms with Crippen molar-refractivity contribution in [2.45, 2.75) is 6.04 Å². The van der Waals surface area contributed by atoms with Crippen LogP contribution in [0.3, 0.4) is 0 Å². The number of rotatable bonds is 2. The highest BCUT2D eigenvalue weighted by Gasteiger charge is 2.32. The number of carbonyl (C=O) groups excluding carboxylic acids is 1. The minimum absolute atomic E-state index is 0.281. The van der Waals surface area contributed by atoms with Crippen LogP contribution >= 0.6 is 27.7 Å². The van der Waals surface area contributed by atoms with Gasteiger partial charge in [0.05, 0.1) is 5.56 Å². The van der Waals surface area contributed by atoms with Crippen molar-refractivity contribution in [1.29, 1.82) is 0 Å². The molecule has 96 valence electrons. The molecular weight excluding hydrogens is 320 g/mol. The lowest BCUT2D eigenvalue weighted by atomic mass is 10.2. The summed E-state index contributed by atoms with van der Waals surface area (Å²) in [5, 5.41) is 9.13. The zero-order valence-electron chi connectivity index (χ0n) is 9.38. The van der Waals surface area contributed by atoms with Crippen molar-refractivity contribution in [3.05, 3.63) is 28.5 Å². The Morgan fingerprint density at radius 3 is 2.94 bits per heavy atom. The van der Waals surface area contributed by atoms with E-state index < -0.39 is 12.0 Å². The average Bonchev–Trinajstić information content (AvgIpc) is 2.38. The highest BCUT2D eigenvalue weighted by Crippen LogP contribution is 2.20. The predicted molar refractivity (Wildman–Crippen MR) is 71.7 cm³/mol. The van der Waals surface area contributed by atoms with Crippen molar-refractivity contribution >= 4 is 39.6 Å². The number of aromatic nitrogens is 1. The van der Waals surface area contributed by atoms with Crippen LogP contribution in [0.15, 0.2) is 22.9 Å². The van der Waals surface area contributed by atoms with Crippen molar-refractivity contribution < 1.29 is 14.7 Å². The van der Waals surface area contributed by atoms with E-state index >= 15 is 0 Å². The second-order valence-corrected chi connectivity index (χ2v) is 5.88. The summed E-state index contributed by atoms with van der Waals surface area (Å²) in [5.41, 5.74) is 0.405. The van der Waals surface area contributed by atoms with Gasteiger partial charge in [0.15, 0.2) is 0 Å². The molecule has 0 saturated carbocycles. The molecule has 1 saturated heterocycles. The minimum Gasteiger partial charge on any atom is -0.480 e. The molecule has 2 heterocycles. The molecule has 7 heteroatoms. The Kier molecular flexibility index (Phi) is 4.23. The van der Waals surface area contributed by atoms with E-state index in [0.717, 1.165) is 5.75 Å². The standard InChI is InChI=1S/C11H11BrN2O3S/c12-8-3-7(4-13-5-8)10(15)14-1-2-18-6-9(14)11(16)17/h3-5,9H,1-2,6H2,(H,16,17). The lowest BCUT2D eigenvalue weighted by Gasteiger charge is -2.32. The van der Waals surface area contributed by atoms with Crippen molar-refractivity contribution in [1.82, 2.24) is 9.88 Å². The number of amides is 1. The topological polar surface area (TPSA) is 70.5 Å². The van der Waals surface area contributed by atoms with Crippen LogP contribution in [0.2, 0.25) is 0 Å². The Bertz CT molecular complexity index is 483. The maximum atomic E-state index is 12.3. The Morgan fingerprint density at radius 2 is 2.28 bits per heavy atom. The highest BCUT2D eigenvalue weighted by molar-refractivity contribution is 9.10. The molecule has 0 aliphatic carbocycles. The molecule has 1 aliphatic rings. The smallest absolute Gasteiger partial charge is 0.327 e. The van der Waals surface area contributed by atoms with Gasteiger partial charge in [0.25, 0.3) is 5.91 Å². The first-order valence-corrected chi connectivity index (χ1v) is 7.26. The molecular formula is C11H11BrN2O3S. The molecule has 18 heavy (non-hydrogen) atoms. The van der Waals surface area contributed by atoms with E-state index in [1.807, 2.05) is 0 Å². The quantitative estimate of drug-likeness (QED) is 0.889. The van der Waals surface area contributed by atoms with E-state index in [9.17, 15) is 9.59 Å². The second kappa shape index (κ2) is 5.71. The normalized spacial score (nSPS) is 19.6. The summed E-state index contributed by atoms with van der Waals surface area (Å²) in [4.78, 5) is 28.7. The molecule has 1 N–H and O–H groups in total. The fourth-order valence-corrected chi connectivity index (χ4v) is 3.15. The Hall–Kier alpha value is -1.08. The number of aliphatic carboxylic acids is 1. The van der Waals surface area contributed by atoms with Gasteiger partial charge in [-0.05, 0) is 22.0 Å². The molecule has 1 aromatic rings. The maximum Gasteiger partial charge on any atom is 0.327 e. The predicted octanol–water partition coefficient (Wildman–Crippen LogP) is 1.49. The van der Waals surface area contributed by atoms with Crippen LogP contribution in [0.4, 0.5) is 0 Å². The SMILES string of the molecule is O=C(O)C1CSCCN1C(=O)c1cncc(Br)c1. The Labute approximate surface area is 117 Å². The lowest BCUT2D eigenvalue weighted by Crippen LogP contribution is -2.50. The number of carboxylic acid groups (broad SMARTS) is 1. The van der Waals surface area contributed by atoms with Crippen LogP contribution in [0.25, 0.3) is 0 Å². The van der Waals surface area contributed by atoms with E-state index in [1.54, 1.807) is 24.0 Å². The van der Waals surface area contributed by atoms with Gasteiger partial charge in [-0.1, -0.05) is 0 Å². The van der Waals surface area contributed by atoms with Gasteiger partial charge in [0, 0.05) is 34.9 Å². The second-order valence-electron chi connectivity index (χ2n) is 3.82. The largest absolute Gasteiger partial charge is 0.480 e. The molecule has 5 nitrogen and oxygen atoms in total. The molecule has 0 spiro atoms. The number of carbonyl (C=O) groups is 2. The summed E-state index contributed by atoms with van der Waals surface area (Å²) in [6.07, 6.45) is 3.03. The summed E-state index contributed by atoms with van der Waals surface area (Å²) in [7, 11) is 0. The fraction of sp³-hybridized carbons (Fsp3) is 0.364. The number of thioether (sulfide) groups is 1. The third-order valence-electron chi connectivity index (χ3n) is 2.63. The molecule has 1 unspecified atom stereocenters. The van der Waals surface area contributed by atoms with Crippen molar-refractivity contribution in [3.63, 3.8) is 0 Å². The van der Waals surface area contributed by atoms with Crippen molar-refractivity contribution in [2.24, 2.45) is 0 Å². The molecule has 0 aromatic carbocycles. The molecule has 1 amide bonds. The number of hydrogen-bond donors (Lipinski definition) is 1. The summed E-state index contributed by atoms with van der Waals surface area (Å²) >= 11 is 4.80. The zero-order chi connectivity index (χ0) is 13.1. The van der Waals surface area contributed by atoms with Crippen LogP contribution in [0.5, 0.6) is 0 Å². The Balaban J connectivity index is 2.23. The van der Waals surface area contributed by atoms with E-state index in [4.69, 9.17) is 5.11 Å². The lowest BCUT2D eigenvalue weighted by molar-refractivity contribution is -0.141. The van der Waals surface area contributed by atoms with Gasteiger partial charge in [-0.15, -0.1) is 0 Å². The van der Waals surface area contributed by atoms with Crippen LogP contribution in [-0.2, 0) is 4.79 Å². The van der Waals surface area contributed by atoms with Gasteiger partial charge in [0.1, 0.15) is 6.04 Å². The molecule has 0 bridgehead atoms. The van der Waals surface area contributed by atoms with E-state index in [0.29, 0.717) is 22.3 Å². The van der Waals surface area contributed by atoms with Gasteiger partial charge >= 0.3 is 5.97 Å². The fourth-order valence-electron chi connectivity index (χ4n) is 1.75. The number of carboxylic acids is 1. The van der Waals surface area contributed by atoms with E-state index in [1.165, 1.54) is 11.1 Å². The average molecular weight is 331 g/mol. The third-order valence-corrected chi connectivity index (χ3v) is 4.08. The summed E-state index contributed by atoms with van der Waals surface area (Å²) < 4.78 is 0.701. The van der Waals surface area contributed by atoms with Gasteiger partial charge in [0.2, 0.25) is 0 Å². The van der Waals surface area contributed by atoms with Crippen molar-refractivity contribution in [3.8, 4) is 0 Å². The van der Waals surface area contributed by atoms with Gasteiger partial charge < -0.3 is 10.0 Å². The van der Waals surface area contributed by atoms with Crippen LogP contribution in [0, 0.1) is 0 Å². The molecule has 1 aliphatic heterocycles. The molecule has 1 fully saturated rings. The van der Waals surface area contributed by atoms with E-state index in [-0.39, 0.29) is 5.91 Å². The number of halogens is 1. The highest BCUT2D eigenvalue weighted by atomic mass is 79.9. The minimum atomic E-state index is -0.960. The summed E-state index contributed by atoms with van der Waals surface area (Å²) in [6, 6.07) is 0.894. The Morgan fingerprint density at radius 1 is 1.50 bits per heavy atom. The molecule has 2 rings (SSSR count). The van der Waals surface area contributed by atoms with Gasteiger partial charge in [-0.3, -0.25) is 9.78 Å². The number of hydrogen-bond acceptors (Lipinski definition) is 4. The summed E-state index contributed by atoms with van der Waals surface area (Å²) in [5.74, 6) is -0.0468. The van der Waals surface area contributed by atoms with Gasteiger partial charge in [-0.25, -0.2) is 4.79 Å². The van der Waals surface area contributed by atoms with Crippen LogP contribution in [0.1, 0.15) is 10.4 Å². The van der Waals surface area contributed by atoms with Crippen molar-refractivity contribution in [2.75, 3.05) is 18.1 Å². The summed E-state index contributed by atoms with van der Waals surface area (Å²) in [6.45, 7) is 0.451. The number of nitrogens with zero attached hydrogens (tertiary/aromatic N) is 2.